The van der Waals surface area contributed by atoms with Crippen molar-refractivity contribution in [2.24, 2.45) is 5.92 Å². The van der Waals surface area contributed by atoms with Gasteiger partial charge >= 0.3 is 0 Å². The van der Waals surface area contributed by atoms with Crippen molar-refractivity contribution in [3.8, 4) is 11.8 Å². The molecule has 0 unspecified atom stereocenters. The lowest BCUT2D eigenvalue weighted by molar-refractivity contribution is -0.0677. The SMILES string of the molecule is C[C@@H](O)C#Cc1ccc([C@@H]2[C@H]3CN(CC4CCOCC4)CCCCN3[C@H]2CO)cc1. The molecule has 30 heavy (non-hydrogen) atoms. The number of fused-ring (bicyclic) bond motifs is 1. The Morgan fingerprint density at radius 1 is 1.13 bits per heavy atom. The average molecular weight is 413 g/mol. The molecule has 3 heterocycles. The summed E-state index contributed by atoms with van der Waals surface area (Å²) in [6.45, 7) is 8.25. The number of aliphatic hydroxyl groups is 2. The van der Waals surface area contributed by atoms with Gasteiger partial charge in [0.25, 0.3) is 0 Å². The van der Waals surface area contributed by atoms with Crippen LogP contribution in [0.15, 0.2) is 24.3 Å². The first-order valence-electron chi connectivity index (χ1n) is 11.6. The quantitative estimate of drug-likeness (QED) is 0.742. The molecule has 5 heteroatoms. The smallest absolute Gasteiger partial charge is 0.112 e. The van der Waals surface area contributed by atoms with E-state index < -0.39 is 6.10 Å². The zero-order valence-corrected chi connectivity index (χ0v) is 18.2. The summed E-state index contributed by atoms with van der Waals surface area (Å²) in [7, 11) is 0. The van der Waals surface area contributed by atoms with Gasteiger partial charge in [-0.15, -0.1) is 0 Å². The van der Waals surface area contributed by atoms with Crippen LogP contribution < -0.4 is 0 Å². The number of nitrogens with zero attached hydrogens (tertiary/aromatic N) is 2. The van der Waals surface area contributed by atoms with Crippen molar-refractivity contribution >= 4 is 0 Å². The van der Waals surface area contributed by atoms with E-state index in [1.807, 2.05) is 12.1 Å². The van der Waals surface area contributed by atoms with Crippen LogP contribution >= 0.6 is 0 Å². The molecule has 1 aromatic rings. The lowest BCUT2D eigenvalue weighted by Gasteiger charge is -2.57. The van der Waals surface area contributed by atoms with Gasteiger partial charge < -0.3 is 19.8 Å². The minimum atomic E-state index is -0.611. The second-order valence-electron chi connectivity index (χ2n) is 9.17. The van der Waals surface area contributed by atoms with Crippen LogP contribution in [0.5, 0.6) is 0 Å². The highest BCUT2D eigenvalue weighted by Crippen LogP contribution is 2.42. The fourth-order valence-corrected chi connectivity index (χ4v) is 5.45. The standard InChI is InChI=1S/C25H36N2O3/c1-19(29)4-5-20-6-8-22(9-7-20)25-23-17-26(16-21-10-14-30-15-11-21)12-2-3-13-27(23)24(25)18-28/h6-9,19,21,23-25,28-29H,2-3,10-18H2,1H3/t19-,23-,24+,25-/m1/s1. The summed E-state index contributed by atoms with van der Waals surface area (Å²) < 4.78 is 5.55. The highest BCUT2D eigenvalue weighted by molar-refractivity contribution is 5.39. The Balaban J connectivity index is 1.47. The van der Waals surface area contributed by atoms with E-state index in [9.17, 15) is 10.2 Å². The molecular formula is C25H36N2O3. The number of hydrogen-bond donors (Lipinski definition) is 2. The summed E-state index contributed by atoms with van der Waals surface area (Å²) in [5, 5.41) is 19.5. The van der Waals surface area contributed by atoms with Gasteiger partial charge in [-0.1, -0.05) is 24.0 Å². The maximum Gasteiger partial charge on any atom is 0.112 e. The first-order chi connectivity index (χ1) is 14.7. The lowest BCUT2D eigenvalue weighted by atomic mass is 9.74. The fraction of sp³-hybridized carbons (Fsp3) is 0.680. The summed E-state index contributed by atoms with van der Waals surface area (Å²) in [6, 6.07) is 9.11. The summed E-state index contributed by atoms with van der Waals surface area (Å²) in [5.74, 6) is 6.95. The maximum atomic E-state index is 10.1. The Hall–Kier alpha value is -1.42. The second-order valence-corrected chi connectivity index (χ2v) is 9.17. The molecule has 0 amide bonds. The number of rotatable bonds is 4. The fourth-order valence-electron chi connectivity index (χ4n) is 5.45. The average Bonchev–Trinajstić information content (AvgIpc) is 2.74. The van der Waals surface area contributed by atoms with Crippen molar-refractivity contribution in [3.63, 3.8) is 0 Å². The predicted octanol–water partition coefficient (Wildman–Crippen LogP) is 2.07. The predicted molar refractivity (Wildman–Crippen MR) is 118 cm³/mol. The van der Waals surface area contributed by atoms with Crippen molar-refractivity contribution < 1.29 is 14.9 Å². The molecule has 0 bridgehead atoms. The number of aliphatic hydroxyl groups excluding tert-OH is 2. The Morgan fingerprint density at radius 3 is 2.57 bits per heavy atom. The Morgan fingerprint density at radius 2 is 1.87 bits per heavy atom. The normalized spacial score (nSPS) is 29.6. The summed E-state index contributed by atoms with van der Waals surface area (Å²) >= 11 is 0. The molecule has 164 valence electrons. The van der Waals surface area contributed by atoms with Gasteiger partial charge in [0.15, 0.2) is 0 Å². The van der Waals surface area contributed by atoms with E-state index in [1.165, 1.54) is 44.3 Å². The first-order valence-corrected chi connectivity index (χ1v) is 11.6. The number of benzene rings is 1. The van der Waals surface area contributed by atoms with E-state index in [0.717, 1.165) is 37.8 Å². The lowest BCUT2D eigenvalue weighted by Crippen LogP contribution is -2.67. The number of ether oxygens (including phenoxy) is 1. The molecule has 5 nitrogen and oxygen atoms in total. The summed E-state index contributed by atoms with van der Waals surface area (Å²) in [6.07, 6.45) is 4.20. The molecule has 3 aliphatic rings. The molecule has 1 aromatic carbocycles. The monoisotopic (exact) mass is 412 g/mol. The third-order valence-electron chi connectivity index (χ3n) is 7.03. The van der Waals surface area contributed by atoms with Gasteiger partial charge in [0.05, 0.1) is 6.61 Å². The molecule has 0 saturated carbocycles. The molecule has 4 atom stereocenters. The van der Waals surface area contributed by atoms with Gasteiger partial charge in [0.1, 0.15) is 6.10 Å². The molecule has 0 aliphatic carbocycles. The van der Waals surface area contributed by atoms with Gasteiger partial charge in [-0.2, -0.15) is 0 Å². The molecule has 3 aliphatic heterocycles. The molecule has 3 fully saturated rings. The minimum Gasteiger partial charge on any atom is -0.395 e. The Bertz CT molecular complexity index is 733. The van der Waals surface area contributed by atoms with Crippen LogP contribution in [0.25, 0.3) is 0 Å². The van der Waals surface area contributed by atoms with E-state index in [2.05, 4.69) is 33.8 Å². The third kappa shape index (κ3) is 5.07. The van der Waals surface area contributed by atoms with Gasteiger partial charge in [-0.3, -0.25) is 4.90 Å². The molecular weight excluding hydrogens is 376 g/mol. The van der Waals surface area contributed by atoms with Gasteiger partial charge in [0, 0.05) is 49.9 Å². The van der Waals surface area contributed by atoms with E-state index in [1.54, 1.807) is 6.92 Å². The zero-order chi connectivity index (χ0) is 20.9. The van der Waals surface area contributed by atoms with Gasteiger partial charge in [-0.25, -0.2) is 0 Å². The van der Waals surface area contributed by atoms with Crippen molar-refractivity contribution in [1.29, 1.82) is 0 Å². The van der Waals surface area contributed by atoms with Crippen molar-refractivity contribution in [2.45, 2.75) is 56.7 Å². The summed E-state index contributed by atoms with van der Waals surface area (Å²) in [5.41, 5.74) is 2.22. The first kappa shape index (κ1) is 21.8. The minimum absolute atomic E-state index is 0.213. The topological polar surface area (TPSA) is 56.2 Å². The van der Waals surface area contributed by atoms with Gasteiger partial charge in [0.2, 0.25) is 0 Å². The van der Waals surface area contributed by atoms with Crippen LogP contribution in [-0.2, 0) is 4.74 Å². The number of hydrogen-bond acceptors (Lipinski definition) is 5. The van der Waals surface area contributed by atoms with E-state index >= 15 is 0 Å². The van der Waals surface area contributed by atoms with Crippen molar-refractivity contribution in [1.82, 2.24) is 9.80 Å². The molecule has 0 radical (unpaired) electrons. The van der Waals surface area contributed by atoms with Crippen LogP contribution in [0, 0.1) is 17.8 Å². The summed E-state index contributed by atoms with van der Waals surface area (Å²) in [4.78, 5) is 5.22. The third-order valence-corrected chi connectivity index (χ3v) is 7.03. The Labute approximate surface area is 181 Å². The van der Waals surface area contributed by atoms with Crippen LogP contribution in [0.2, 0.25) is 0 Å². The van der Waals surface area contributed by atoms with Crippen molar-refractivity contribution in [3.05, 3.63) is 35.4 Å². The molecule has 0 spiro atoms. The van der Waals surface area contributed by atoms with E-state index in [4.69, 9.17) is 4.74 Å². The van der Waals surface area contributed by atoms with Crippen LogP contribution in [-0.4, -0.2) is 84.2 Å². The molecule has 4 rings (SSSR count). The highest BCUT2D eigenvalue weighted by Gasteiger charge is 2.49. The van der Waals surface area contributed by atoms with Crippen LogP contribution in [0.1, 0.15) is 49.7 Å². The largest absolute Gasteiger partial charge is 0.395 e. The zero-order valence-electron chi connectivity index (χ0n) is 18.2. The van der Waals surface area contributed by atoms with E-state index in [0.29, 0.717) is 12.0 Å². The van der Waals surface area contributed by atoms with Gasteiger partial charge in [-0.05, 0) is 69.3 Å². The van der Waals surface area contributed by atoms with Crippen molar-refractivity contribution in [2.75, 3.05) is 46.0 Å². The maximum absolute atomic E-state index is 10.1. The molecule has 0 aromatic heterocycles. The molecule has 3 saturated heterocycles. The molecule has 2 N–H and O–H groups in total. The van der Waals surface area contributed by atoms with Crippen LogP contribution in [0.3, 0.4) is 0 Å². The highest BCUT2D eigenvalue weighted by atomic mass is 16.5. The second kappa shape index (κ2) is 10.3. The van der Waals surface area contributed by atoms with Crippen LogP contribution in [0.4, 0.5) is 0 Å². The Kier molecular flexibility index (Phi) is 7.45. The van der Waals surface area contributed by atoms with E-state index in [-0.39, 0.29) is 12.6 Å².